The lowest BCUT2D eigenvalue weighted by Gasteiger charge is -2.39. The van der Waals surface area contributed by atoms with Crippen LogP contribution in [0.4, 0.5) is 0 Å². The highest BCUT2D eigenvalue weighted by Gasteiger charge is 2.32. The molecular weight excluding hydrogens is 456 g/mol. The number of hydrogen-bond acceptors (Lipinski definition) is 6. The Labute approximate surface area is 210 Å². The van der Waals surface area contributed by atoms with Gasteiger partial charge >= 0.3 is 0 Å². The van der Waals surface area contributed by atoms with Crippen molar-refractivity contribution >= 4 is 5.91 Å². The van der Waals surface area contributed by atoms with Crippen molar-refractivity contribution in [3.05, 3.63) is 83.4 Å². The van der Waals surface area contributed by atoms with Gasteiger partial charge < -0.3 is 19.1 Å². The molecule has 8 nitrogen and oxygen atoms in total. The van der Waals surface area contributed by atoms with Crippen molar-refractivity contribution in [1.82, 2.24) is 19.6 Å². The highest BCUT2D eigenvalue weighted by Crippen LogP contribution is 2.38. The fraction of sp³-hybridized carbons (Fsp3) is 0.357. The summed E-state index contributed by atoms with van der Waals surface area (Å²) in [7, 11) is 0. The fourth-order valence-corrected chi connectivity index (χ4v) is 5.26. The van der Waals surface area contributed by atoms with Crippen LogP contribution in [0.2, 0.25) is 0 Å². The third-order valence-electron chi connectivity index (χ3n) is 7.17. The Morgan fingerprint density at radius 2 is 1.89 bits per heavy atom. The highest BCUT2D eigenvalue weighted by molar-refractivity contribution is 5.78. The molecule has 3 aliphatic rings. The van der Waals surface area contributed by atoms with Crippen molar-refractivity contribution < 1.29 is 19.0 Å². The Kier molecular flexibility index (Phi) is 6.11. The molecule has 1 amide bonds. The number of rotatable bonds is 6. The summed E-state index contributed by atoms with van der Waals surface area (Å²) in [5.74, 6) is 1.78. The first-order valence-corrected chi connectivity index (χ1v) is 12.4. The molecule has 1 atom stereocenters. The van der Waals surface area contributed by atoms with Gasteiger partial charge in [0.1, 0.15) is 25.2 Å². The van der Waals surface area contributed by atoms with Gasteiger partial charge in [-0.15, -0.1) is 0 Å². The van der Waals surface area contributed by atoms with E-state index in [1.807, 2.05) is 34.0 Å². The zero-order valence-corrected chi connectivity index (χ0v) is 20.4. The summed E-state index contributed by atoms with van der Waals surface area (Å²) < 4.78 is 18.8. The molecule has 1 saturated heterocycles. The number of amides is 1. The molecule has 0 N–H and O–H groups in total. The molecule has 0 radical (unpaired) electrons. The lowest BCUT2D eigenvalue weighted by atomic mass is 10.0. The standard InChI is InChI=1S/C28H30N4O4/c1-20-7-8-25-23(13-20)28-22(17-35-25)15-29-32(28)16-27(33)31-11-9-30(10-12-31)24(26-18-34-19-36-26)14-21-5-3-2-4-6-21/h2-8,13,15,18,24H,9-12,14,16-17,19H2,1H3. The monoisotopic (exact) mass is 486 g/mol. The second-order valence-electron chi connectivity index (χ2n) is 9.54. The predicted molar refractivity (Wildman–Crippen MR) is 134 cm³/mol. The van der Waals surface area contributed by atoms with Crippen LogP contribution in [0.15, 0.2) is 66.7 Å². The third kappa shape index (κ3) is 4.44. The van der Waals surface area contributed by atoms with E-state index in [9.17, 15) is 4.79 Å². The van der Waals surface area contributed by atoms with E-state index >= 15 is 0 Å². The predicted octanol–water partition coefficient (Wildman–Crippen LogP) is 3.35. The number of fused-ring (bicyclic) bond motifs is 3. The van der Waals surface area contributed by atoms with Crippen molar-refractivity contribution in [2.45, 2.75) is 32.5 Å². The molecule has 186 valence electrons. The Morgan fingerprint density at radius 1 is 1.06 bits per heavy atom. The first-order valence-electron chi connectivity index (χ1n) is 12.4. The van der Waals surface area contributed by atoms with Crippen LogP contribution in [-0.2, 0) is 33.8 Å². The van der Waals surface area contributed by atoms with Gasteiger partial charge in [0.05, 0.1) is 17.9 Å². The number of carbonyl (C=O) groups is 1. The smallest absolute Gasteiger partial charge is 0.244 e. The summed E-state index contributed by atoms with van der Waals surface area (Å²) >= 11 is 0. The number of benzene rings is 2. The topological polar surface area (TPSA) is 69.1 Å². The van der Waals surface area contributed by atoms with Crippen LogP contribution in [-0.4, -0.2) is 64.5 Å². The summed E-state index contributed by atoms with van der Waals surface area (Å²) in [5, 5.41) is 4.54. The van der Waals surface area contributed by atoms with E-state index in [-0.39, 0.29) is 25.3 Å². The Bertz CT molecular complexity index is 1280. The van der Waals surface area contributed by atoms with Crippen LogP contribution in [0.3, 0.4) is 0 Å². The molecule has 1 fully saturated rings. The van der Waals surface area contributed by atoms with E-state index in [4.69, 9.17) is 14.2 Å². The molecule has 1 unspecified atom stereocenters. The first-order chi connectivity index (χ1) is 17.7. The molecule has 6 rings (SSSR count). The van der Waals surface area contributed by atoms with Gasteiger partial charge in [0.25, 0.3) is 0 Å². The summed E-state index contributed by atoms with van der Waals surface area (Å²) in [6.45, 7) is 5.90. The van der Waals surface area contributed by atoms with Crippen molar-refractivity contribution in [3.8, 4) is 17.0 Å². The first kappa shape index (κ1) is 22.7. The molecule has 8 heteroatoms. The van der Waals surface area contributed by atoms with Crippen LogP contribution in [0, 0.1) is 6.92 Å². The van der Waals surface area contributed by atoms with Crippen molar-refractivity contribution in [2.24, 2.45) is 0 Å². The van der Waals surface area contributed by atoms with Crippen molar-refractivity contribution in [1.29, 1.82) is 0 Å². The zero-order valence-electron chi connectivity index (χ0n) is 20.4. The number of piperazine rings is 1. The second-order valence-corrected chi connectivity index (χ2v) is 9.54. The molecular formula is C28H30N4O4. The maximum atomic E-state index is 13.3. The van der Waals surface area contributed by atoms with Crippen LogP contribution >= 0.6 is 0 Å². The molecule has 2 aromatic carbocycles. The number of nitrogens with zero attached hydrogens (tertiary/aromatic N) is 4. The second kappa shape index (κ2) is 9.70. The van der Waals surface area contributed by atoms with E-state index in [0.717, 1.165) is 53.4 Å². The van der Waals surface area contributed by atoms with E-state index in [1.165, 1.54) is 5.56 Å². The van der Waals surface area contributed by atoms with Gasteiger partial charge in [0.15, 0.2) is 5.76 Å². The molecule has 0 aliphatic carbocycles. The maximum Gasteiger partial charge on any atom is 0.244 e. The minimum Gasteiger partial charge on any atom is -0.488 e. The quantitative estimate of drug-likeness (QED) is 0.532. The lowest BCUT2D eigenvalue weighted by molar-refractivity contribution is -0.134. The van der Waals surface area contributed by atoms with Gasteiger partial charge in [0.2, 0.25) is 12.7 Å². The van der Waals surface area contributed by atoms with E-state index in [1.54, 1.807) is 6.26 Å². The van der Waals surface area contributed by atoms with Gasteiger partial charge in [-0.25, -0.2) is 0 Å². The molecule has 36 heavy (non-hydrogen) atoms. The SMILES string of the molecule is Cc1ccc2c(c1)-c1c(cnn1CC(=O)N1CCN(C(Cc3ccccc3)C3=COCO3)CC1)CO2. The molecule has 3 aliphatic heterocycles. The van der Waals surface area contributed by atoms with Crippen LogP contribution in [0.25, 0.3) is 11.3 Å². The Morgan fingerprint density at radius 3 is 2.67 bits per heavy atom. The molecule has 3 aromatic rings. The van der Waals surface area contributed by atoms with Gasteiger partial charge in [0, 0.05) is 37.3 Å². The van der Waals surface area contributed by atoms with E-state index in [2.05, 4.69) is 47.3 Å². The Hall–Kier alpha value is -3.78. The molecule has 1 aromatic heterocycles. The molecule has 0 bridgehead atoms. The number of hydrogen-bond donors (Lipinski definition) is 0. The van der Waals surface area contributed by atoms with Crippen molar-refractivity contribution in [2.75, 3.05) is 33.0 Å². The zero-order chi connectivity index (χ0) is 24.5. The molecule has 0 saturated carbocycles. The number of aromatic nitrogens is 2. The summed E-state index contributed by atoms with van der Waals surface area (Å²) in [4.78, 5) is 17.7. The minimum absolute atomic E-state index is 0.0838. The lowest BCUT2D eigenvalue weighted by Crippen LogP contribution is -2.53. The fourth-order valence-electron chi connectivity index (χ4n) is 5.26. The van der Waals surface area contributed by atoms with Gasteiger partial charge in [-0.1, -0.05) is 42.0 Å². The Balaban J connectivity index is 1.13. The highest BCUT2D eigenvalue weighted by atomic mass is 16.7. The van der Waals surface area contributed by atoms with Crippen molar-refractivity contribution in [3.63, 3.8) is 0 Å². The molecule has 4 heterocycles. The normalized spacial score (nSPS) is 17.8. The number of ether oxygens (including phenoxy) is 3. The molecule has 0 spiro atoms. The summed E-state index contributed by atoms with van der Waals surface area (Å²) in [5.41, 5.74) is 5.40. The average molecular weight is 487 g/mol. The average Bonchev–Trinajstić information content (AvgIpc) is 3.59. The van der Waals surface area contributed by atoms with E-state index in [0.29, 0.717) is 19.7 Å². The van der Waals surface area contributed by atoms with Gasteiger partial charge in [-0.3, -0.25) is 14.4 Å². The number of carbonyl (C=O) groups excluding carboxylic acids is 1. The summed E-state index contributed by atoms with van der Waals surface area (Å²) in [6, 6.07) is 16.6. The third-order valence-corrected chi connectivity index (χ3v) is 7.17. The van der Waals surface area contributed by atoms with Gasteiger partial charge in [-0.2, -0.15) is 5.10 Å². The number of aryl methyl sites for hydroxylation is 1. The minimum atomic E-state index is 0.0838. The largest absolute Gasteiger partial charge is 0.488 e. The van der Waals surface area contributed by atoms with Crippen LogP contribution in [0.5, 0.6) is 5.75 Å². The summed E-state index contributed by atoms with van der Waals surface area (Å²) in [6.07, 6.45) is 4.39. The van der Waals surface area contributed by atoms with Crippen LogP contribution < -0.4 is 4.74 Å². The van der Waals surface area contributed by atoms with E-state index < -0.39 is 0 Å². The van der Waals surface area contributed by atoms with Crippen LogP contribution in [0.1, 0.15) is 16.7 Å². The maximum absolute atomic E-state index is 13.3. The van der Waals surface area contributed by atoms with Gasteiger partial charge in [-0.05, 0) is 31.0 Å².